The van der Waals surface area contributed by atoms with Crippen molar-refractivity contribution in [2.75, 3.05) is 6.26 Å². The summed E-state index contributed by atoms with van der Waals surface area (Å²) in [6, 6.07) is 24.5. The summed E-state index contributed by atoms with van der Waals surface area (Å²) in [5, 5.41) is 1.86. The zero-order chi connectivity index (χ0) is 24.9. The standard InChI is InChI=1S/C28H26ClN3O2S/c1-18(2)25(20-11-13-22(29)14-12-20)27(33)31-32-26(21-7-5-4-6-8-21)30-24(28(32)34)17-19-9-15-23(35-3)16-10-19/h4-18,25H,1-3H3,(H,31,33)/b24-17-/t25-/m1/s1. The van der Waals surface area contributed by atoms with Gasteiger partial charge in [-0.2, -0.15) is 5.01 Å². The van der Waals surface area contributed by atoms with E-state index in [1.54, 1.807) is 30.0 Å². The van der Waals surface area contributed by atoms with Crippen LogP contribution in [0.25, 0.3) is 6.08 Å². The van der Waals surface area contributed by atoms with Crippen LogP contribution in [-0.4, -0.2) is 28.9 Å². The summed E-state index contributed by atoms with van der Waals surface area (Å²) in [5.41, 5.74) is 5.52. The number of aliphatic imine (C=N–C) groups is 1. The van der Waals surface area contributed by atoms with E-state index in [9.17, 15) is 9.59 Å². The second-order valence-corrected chi connectivity index (χ2v) is 9.81. The largest absolute Gasteiger partial charge is 0.297 e. The van der Waals surface area contributed by atoms with Crippen molar-refractivity contribution in [1.82, 2.24) is 10.4 Å². The molecule has 4 rings (SSSR count). The third-order valence-electron chi connectivity index (χ3n) is 5.71. The van der Waals surface area contributed by atoms with E-state index in [0.29, 0.717) is 10.9 Å². The summed E-state index contributed by atoms with van der Waals surface area (Å²) >= 11 is 7.69. The maximum absolute atomic E-state index is 13.5. The summed E-state index contributed by atoms with van der Waals surface area (Å²) in [7, 11) is 0. The van der Waals surface area contributed by atoms with Crippen LogP contribution in [0.4, 0.5) is 0 Å². The van der Waals surface area contributed by atoms with Crippen LogP contribution < -0.4 is 5.43 Å². The van der Waals surface area contributed by atoms with Crippen LogP contribution in [0.3, 0.4) is 0 Å². The Morgan fingerprint density at radius 2 is 1.66 bits per heavy atom. The zero-order valence-electron chi connectivity index (χ0n) is 19.7. The molecule has 5 nitrogen and oxygen atoms in total. The molecule has 0 aliphatic carbocycles. The fourth-order valence-electron chi connectivity index (χ4n) is 3.95. The van der Waals surface area contributed by atoms with Crippen molar-refractivity contribution in [2.24, 2.45) is 10.9 Å². The number of benzene rings is 3. The van der Waals surface area contributed by atoms with E-state index in [0.717, 1.165) is 21.6 Å². The first-order chi connectivity index (χ1) is 16.9. The van der Waals surface area contributed by atoms with E-state index in [1.807, 2.05) is 86.8 Å². The summed E-state index contributed by atoms with van der Waals surface area (Å²) in [4.78, 5) is 32.7. The Labute approximate surface area is 214 Å². The number of hydrogen-bond acceptors (Lipinski definition) is 4. The number of hydrogen-bond donors (Lipinski definition) is 1. The fraction of sp³-hybridized carbons (Fsp3) is 0.179. The van der Waals surface area contributed by atoms with Gasteiger partial charge in [0.1, 0.15) is 5.70 Å². The number of thioether (sulfide) groups is 1. The van der Waals surface area contributed by atoms with E-state index < -0.39 is 5.92 Å². The first-order valence-corrected chi connectivity index (χ1v) is 12.9. The Bertz CT molecular complexity index is 1270. The lowest BCUT2D eigenvalue weighted by molar-refractivity contribution is -0.134. The quantitative estimate of drug-likeness (QED) is 0.310. The molecule has 1 atom stereocenters. The minimum atomic E-state index is -0.468. The maximum atomic E-state index is 13.5. The molecule has 1 aliphatic rings. The van der Waals surface area contributed by atoms with Gasteiger partial charge >= 0.3 is 0 Å². The van der Waals surface area contributed by atoms with Gasteiger partial charge in [-0.3, -0.25) is 15.0 Å². The summed E-state index contributed by atoms with van der Waals surface area (Å²) in [6.45, 7) is 3.95. The van der Waals surface area contributed by atoms with E-state index in [4.69, 9.17) is 11.6 Å². The predicted octanol–water partition coefficient (Wildman–Crippen LogP) is 6.16. The molecule has 0 aromatic heterocycles. The van der Waals surface area contributed by atoms with E-state index >= 15 is 0 Å². The highest BCUT2D eigenvalue weighted by Gasteiger charge is 2.35. The van der Waals surface area contributed by atoms with Crippen LogP contribution in [0, 0.1) is 5.92 Å². The molecule has 3 aromatic carbocycles. The van der Waals surface area contributed by atoms with Gasteiger partial charge in [0.25, 0.3) is 5.91 Å². The van der Waals surface area contributed by atoms with Gasteiger partial charge in [-0.1, -0.05) is 80.0 Å². The second kappa shape index (κ2) is 10.9. The first kappa shape index (κ1) is 24.8. The lowest BCUT2D eigenvalue weighted by atomic mass is 9.88. The van der Waals surface area contributed by atoms with Crippen LogP contribution in [0.1, 0.15) is 36.5 Å². The van der Waals surface area contributed by atoms with Gasteiger partial charge in [0.2, 0.25) is 5.91 Å². The third kappa shape index (κ3) is 5.66. The topological polar surface area (TPSA) is 61.8 Å². The number of halogens is 1. The highest BCUT2D eigenvalue weighted by Crippen LogP contribution is 2.28. The number of hydrazine groups is 1. The summed E-state index contributed by atoms with van der Waals surface area (Å²) in [6.07, 6.45) is 3.75. The molecule has 0 unspecified atom stereocenters. The minimum Gasteiger partial charge on any atom is -0.273 e. The predicted molar refractivity (Wildman–Crippen MR) is 143 cm³/mol. The van der Waals surface area contributed by atoms with Gasteiger partial charge in [-0.05, 0) is 53.6 Å². The van der Waals surface area contributed by atoms with Crippen molar-refractivity contribution in [3.8, 4) is 0 Å². The summed E-state index contributed by atoms with van der Waals surface area (Å²) < 4.78 is 0. The molecular formula is C28H26ClN3O2S. The normalized spacial score (nSPS) is 15.5. The Morgan fingerprint density at radius 3 is 2.26 bits per heavy atom. The van der Waals surface area contributed by atoms with Gasteiger partial charge in [0.05, 0.1) is 5.92 Å². The van der Waals surface area contributed by atoms with Crippen molar-refractivity contribution < 1.29 is 9.59 Å². The Hall–Kier alpha value is -3.35. The van der Waals surface area contributed by atoms with Gasteiger partial charge in [-0.25, -0.2) is 4.99 Å². The molecule has 35 heavy (non-hydrogen) atoms. The van der Waals surface area contributed by atoms with Gasteiger partial charge in [0, 0.05) is 15.5 Å². The monoisotopic (exact) mass is 503 g/mol. The van der Waals surface area contributed by atoms with Gasteiger partial charge in [-0.15, -0.1) is 11.8 Å². The van der Waals surface area contributed by atoms with Crippen LogP contribution in [0.2, 0.25) is 5.02 Å². The molecule has 0 radical (unpaired) electrons. The Morgan fingerprint density at radius 1 is 1.00 bits per heavy atom. The highest BCUT2D eigenvalue weighted by molar-refractivity contribution is 7.98. The molecule has 1 heterocycles. The number of carbonyl (C=O) groups excluding carboxylic acids is 2. The zero-order valence-corrected chi connectivity index (χ0v) is 21.3. The number of rotatable bonds is 7. The lowest BCUT2D eigenvalue weighted by Crippen LogP contribution is -2.49. The third-order valence-corrected chi connectivity index (χ3v) is 6.71. The molecule has 2 amide bonds. The molecule has 0 fully saturated rings. The molecule has 1 N–H and O–H groups in total. The fourth-order valence-corrected chi connectivity index (χ4v) is 4.48. The van der Waals surface area contributed by atoms with E-state index in [2.05, 4.69) is 10.4 Å². The van der Waals surface area contributed by atoms with Crippen LogP contribution in [-0.2, 0) is 9.59 Å². The van der Waals surface area contributed by atoms with E-state index in [-0.39, 0.29) is 23.4 Å². The van der Waals surface area contributed by atoms with Gasteiger partial charge < -0.3 is 0 Å². The number of carbonyl (C=O) groups is 2. The van der Waals surface area contributed by atoms with Crippen molar-refractivity contribution in [2.45, 2.75) is 24.7 Å². The first-order valence-electron chi connectivity index (χ1n) is 11.3. The lowest BCUT2D eigenvalue weighted by Gasteiger charge is -2.25. The minimum absolute atomic E-state index is 0.00374. The molecular weight excluding hydrogens is 478 g/mol. The smallest absolute Gasteiger partial charge is 0.273 e. The van der Waals surface area contributed by atoms with Crippen LogP contribution in [0.15, 0.2) is 94.4 Å². The van der Waals surface area contributed by atoms with Crippen molar-refractivity contribution in [3.63, 3.8) is 0 Å². The Balaban J connectivity index is 1.67. The number of nitrogens with zero attached hydrogens (tertiary/aromatic N) is 2. The van der Waals surface area contributed by atoms with Crippen LogP contribution in [0.5, 0.6) is 0 Å². The molecule has 178 valence electrons. The van der Waals surface area contributed by atoms with Crippen molar-refractivity contribution in [3.05, 3.63) is 106 Å². The molecule has 7 heteroatoms. The average Bonchev–Trinajstić information content (AvgIpc) is 3.16. The average molecular weight is 504 g/mol. The molecule has 0 spiro atoms. The van der Waals surface area contributed by atoms with Crippen LogP contribution >= 0.6 is 23.4 Å². The molecule has 1 aliphatic heterocycles. The number of amides is 2. The van der Waals surface area contributed by atoms with Crippen molar-refractivity contribution in [1.29, 1.82) is 0 Å². The maximum Gasteiger partial charge on any atom is 0.297 e. The molecule has 3 aromatic rings. The summed E-state index contributed by atoms with van der Waals surface area (Å²) in [5.74, 6) is -0.760. The highest BCUT2D eigenvalue weighted by atomic mass is 35.5. The van der Waals surface area contributed by atoms with E-state index in [1.165, 1.54) is 5.01 Å². The molecule has 0 bridgehead atoms. The van der Waals surface area contributed by atoms with Gasteiger partial charge in [0.15, 0.2) is 5.84 Å². The number of nitrogens with one attached hydrogen (secondary N) is 1. The van der Waals surface area contributed by atoms with Crippen molar-refractivity contribution >= 4 is 47.1 Å². The second-order valence-electron chi connectivity index (χ2n) is 8.49. The molecule has 0 saturated heterocycles. The number of amidine groups is 1. The SMILES string of the molecule is CSc1ccc(/C=C2\N=C(c3ccccc3)N(NC(=O)[C@@H](c3ccc(Cl)cc3)C(C)C)C2=O)cc1. The Kier molecular flexibility index (Phi) is 7.73. The molecule has 0 saturated carbocycles.